The first-order chi connectivity index (χ1) is 4.81. The van der Waals surface area contributed by atoms with Crippen molar-refractivity contribution in [2.75, 3.05) is 6.61 Å². The van der Waals surface area contributed by atoms with Crippen molar-refractivity contribution in [1.82, 2.24) is 0 Å². The van der Waals surface area contributed by atoms with E-state index in [0.717, 1.165) is 12.8 Å². The molecule has 0 aromatic heterocycles. The van der Waals surface area contributed by atoms with E-state index < -0.39 is 6.10 Å². The van der Waals surface area contributed by atoms with Crippen LogP contribution in [0.1, 0.15) is 26.2 Å². The lowest BCUT2D eigenvalue weighted by atomic mass is 10.2. The third kappa shape index (κ3) is 5.79. The molecule has 10 heavy (non-hydrogen) atoms. The van der Waals surface area contributed by atoms with Crippen LogP contribution in [0.25, 0.3) is 0 Å². The molecule has 0 amide bonds. The van der Waals surface area contributed by atoms with Gasteiger partial charge in [0, 0.05) is 0 Å². The molecule has 2 heteroatoms. The highest BCUT2D eigenvalue weighted by atomic mass is 16.3. The number of unbranched alkanes of at least 4 members (excludes halogenated alkanes) is 2. The van der Waals surface area contributed by atoms with Gasteiger partial charge in [-0.05, 0) is 6.42 Å². The largest absolute Gasteiger partial charge is 0.393 e. The topological polar surface area (TPSA) is 40.5 Å². The Morgan fingerprint density at radius 3 is 2.70 bits per heavy atom. The highest BCUT2D eigenvalue weighted by molar-refractivity contribution is 4.87. The van der Waals surface area contributed by atoms with E-state index in [9.17, 15) is 0 Å². The predicted octanol–water partition coefficient (Wildman–Crippen LogP) is 1.09. The zero-order valence-electron chi connectivity index (χ0n) is 6.45. The number of hydrogen-bond donors (Lipinski definition) is 2. The second-order valence-corrected chi connectivity index (χ2v) is 2.32. The maximum absolute atomic E-state index is 8.82. The normalized spacial score (nSPS) is 14.3. The molecule has 0 radical (unpaired) electrons. The van der Waals surface area contributed by atoms with Crippen LogP contribution in [-0.4, -0.2) is 22.9 Å². The van der Waals surface area contributed by atoms with Crippen LogP contribution in [0.15, 0.2) is 12.2 Å². The fourth-order valence-corrected chi connectivity index (χ4v) is 0.636. The number of hydrogen-bond acceptors (Lipinski definition) is 2. The molecule has 0 fully saturated rings. The van der Waals surface area contributed by atoms with E-state index >= 15 is 0 Å². The molecular formula is C8H16O2. The van der Waals surface area contributed by atoms with E-state index in [2.05, 4.69) is 6.92 Å². The fraction of sp³-hybridized carbons (Fsp3) is 0.750. The number of aliphatic hydroxyl groups is 2. The summed E-state index contributed by atoms with van der Waals surface area (Å²) in [7, 11) is 0. The Hall–Kier alpha value is -0.340. The highest BCUT2D eigenvalue weighted by Crippen LogP contribution is 1.95. The van der Waals surface area contributed by atoms with Crippen molar-refractivity contribution < 1.29 is 10.2 Å². The third-order valence-electron chi connectivity index (χ3n) is 1.27. The number of aliphatic hydroxyl groups excluding tert-OH is 2. The van der Waals surface area contributed by atoms with Crippen molar-refractivity contribution in [3.63, 3.8) is 0 Å². The van der Waals surface area contributed by atoms with Crippen LogP contribution in [0.5, 0.6) is 0 Å². The van der Waals surface area contributed by atoms with Gasteiger partial charge in [-0.2, -0.15) is 0 Å². The lowest BCUT2D eigenvalue weighted by Crippen LogP contribution is -2.06. The van der Waals surface area contributed by atoms with Gasteiger partial charge in [0.1, 0.15) is 0 Å². The van der Waals surface area contributed by atoms with E-state index in [1.165, 1.54) is 6.42 Å². The second kappa shape index (κ2) is 6.78. The molecule has 2 N–H and O–H groups in total. The lowest BCUT2D eigenvalue weighted by Gasteiger charge is -1.97. The molecule has 1 unspecified atom stereocenters. The number of allylic oxidation sites excluding steroid dienone is 1. The summed E-state index contributed by atoms with van der Waals surface area (Å²) in [5, 5.41) is 17.2. The summed E-state index contributed by atoms with van der Waals surface area (Å²) in [5.74, 6) is 0. The summed E-state index contributed by atoms with van der Waals surface area (Å²) in [5.41, 5.74) is 0. The van der Waals surface area contributed by atoms with Crippen molar-refractivity contribution in [3.05, 3.63) is 12.2 Å². The third-order valence-corrected chi connectivity index (χ3v) is 1.27. The minimum Gasteiger partial charge on any atom is -0.393 e. The van der Waals surface area contributed by atoms with Crippen molar-refractivity contribution in [3.8, 4) is 0 Å². The van der Waals surface area contributed by atoms with E-state index in [-0.39, 0.29) is 6.61 Å². The van der Waals surface area contributed by atoms with Gasteiger partial charge in [-0.1, -0.05) is 31.9 Å². The molecule has 0 aromatic rings. The van der Waals surface area contributed by atoms with Gasteiger partial charge in [0.15, 0.2) is 0 Å². The van der Waals surface area contributed by atoms with E-state index in [1.54, 1.807) is 6.08 Å². The maximum Gasteiger partial charge on any atom is 0.0951 e. The minimum atomic E-state index is -0.670. The van der Waals surface area contributed by atoms with Crippen LogP contribution < -0.4 is 0 Å². The Labute approximate surface area is 62.2 Å². The van der Waals surface area contributed by atoms with Crippen molar-refractivity contribution in [2.24, 2.45) is 0 Å². The molecule has 0 aliphatic carbocycles. The quantitative estimate of drug-likeness (QED) is 0.448. The molecule has 60 valence electrons. The lowest BCUT2D eigenvalue weighted by molar-refractivity contribution is 0.131. The van der Waals surface area contributed by atoms with Gasteiger partial charge >= 0.3 is 0 Å². The van der Waals surface area contributed by atoms with Gasteiger partial charge in [0.2, 0.25) is 0 Å². The van der Waals surface area contributed by atoms with E-state index in [1.807, 2.05) is 6.08 Å². The van der Waals surface area contributed by atoms with Gasteiger partial charge < -0.3 is 10.2 Å². The average Bonchev–Trinajstić information content (AvgIpc) is 1.98. The van der Waals surface area contributed by atoms with Crippen LogP contribution in [0, 0.1) is 0 Å². The molecule has 0 saturated heterocycles. The maximum atomic E-state index is 8.82. The zero-order chi connectivity index (χ0) is 7.82. The summed E-state index contributed by atoms with van der Waals surface area (Å²) in [6, 6.07) is 0. The molecule has 0 aliphatic rings. The Morgan fingerprint density at radius 1 is 1.50 bits per heavy atom. The van der Waals surface area contributed by atoms with E-state index in [4.69, 9.17) is 10.2 Å². The zero-order valence-corrected chi connectivity index (χ0v) is 6.45. The molecular weight excluding hydrogens is 128 g/mol. The molecule has 0 aliphatic heterocycles. The van der Waals surface area contributed by atoms with Crippen LogP contribution in [-0.2, 0) is 0 Å². The van der Waals surface area contributed by atoms with Gasteiger partial charge in [0.25, 0.3) is 0 Å². The van der Waals surface area contributed by atoms with E-state index in [0.29, 0.717) is 0 Å². The molecule has 1 atom stereocenters. The smallest absolute Gasteiger partial charge is 0.0951 e. The Kier molecular flexibility index (Phi) is 6.55. The standard InChI is InChI=1S/C8H16O2/c1-2-3-4-5-6-8(10)7-9/h5-6,8-10H,2-4,7H2,1H3/b6-5+. The first-order valence-corrected chi connectivity index (χ1v) is 3.76. The van der Waals surface area contributed by atoms with Gasteiger partial charge in [-0.25, -0.2) is 0 Å². The van der Waals surface area contributed by atoms with Crippen molar-refractivity contribution >= 4 is 0 Å². The summed E-state index contributed by atoms with van der Waals surface area (Å²) in [4.78, 5) is 0. The molecule has 0 rings (SSSR count). The van der Waals surface area contributed by atoms with Gasteiger partial charge in [-0.3, -0.25) is 0 Å². The van der Waals surface area contributed by atoms with Crippen LogP contribution in [0.2, 0.25) is 0 Å². The summed E-state index contributed by atoms with van der Waals surface area (Å²) < 4.78 is 0. The first kappa shape index (κ1) is 9.66. The van der Waals surface area contributed by atoms with Crippen LogP contribution >= 0.6 is 0 Å². The predicted molar refractivity (Wildman–Crippen MR) is 41.8 cm³/mol. The Balaban J connectivity index is 3.18. The van der Waals surface area contributed by atoms with Crippen LogP contribution in [0.4, 0.5) is 0 Å². The monoisotopic (exact) mass is 144 g/mol. The SMILES string of the molecule is CCCC/C=C/C(O)CO. The molecule has 2 nitrogen and oxygen atoms in total. The fourth-order valence-electron chi connectivity index (χ4n) is 0.636. The second-order valence-electron chi connectivity index (χ2n) is 2.32. The van der Waals surface area contributed by atoms with Crippen molar-refractivity contribution in [1.29, 1.82) is 0 Å². The number of rotatable bonds is 5. The van der Waals surface area contributed by atoms with Crippen LogP contribution in [0.3, 0.4) is 0 Å². The first-order valence-electron chi connectivity index (χ1n) is 3.76. The van der Waals surface area contributed by atoms with Crippen molar-refractivity contribution in [2.45, 2.75) is 32.3 Å². The Morgan fingerprint density at radius 2 is 2.20 bits per heavy atom. The molecule has 0 bridgehead atoms. The summed E-state index contributed by atoms with van der Waals surface area (Å²) in [6.45, 7) is 1.94. The van der Waals surface area contributed by atoms with Gasteiger partial charge in [-0.15, -0.1) is 0 Å². The average molecular weight is 144 g/mol. The Bertz CT molecular complexity index is 89.3. The highest BCUT2D eigenvalue weighted by Gasteiger charge is 1.91. The summed E-state index contributed by atoms with van der Waals surface area (Å²) in [6.07, 6.45) is 6.18. The summed E-state index contributed by atoms with van der Waals surface area (Å²) >= 11 is 0. The van der Waals surface area contributed by atoms with Gasteiger partial charge in [0.05, 0.1) is 12.7 Å². The minimum absolute atomic E-state index is 0.178. The molecule has 0 saturated carbocycles. The molecule has 0 spiro atoms. The molecule has 0 heterocycles. The molecule has 0 aromatic carbocycles.